The lowest BCUT2D eigenvalue weighted by Crippen LogP contribution is -2.51. The highest BCUT2D eigenvalue weighted by molar-refractivity contribution is 5.94. The summed E-state index contributed by atoms with van der Waals surface area (Å²) in [7, 11) is 0. The number of hydrogen-bond acceptors (Lipinski definition) is 4. The Morgan fingerprint density at radius 2 is 1.77 bits per heavy atom. The molecule has 7 heteroatoms. The van der Waals surface area contributed by atoms with E-state index in [-0.39, 0.29) is 11.7 Å². The molecule has 0 spiro atoms. The van der Waals surface area contributed by atoms with Crippen molar-refractivity contribution < 1.29 is 9.90 Å². The molecule has 3 rings (SSSR count). The molecule has 1 heterocycles. The molecule has 1 aromatic rings. The number of aromatic hydroxyl groups is 1. The van der Waals surface area contributed by atoms with Gasteiger partial charge in [-0.15, -0.1) is 0 Å². The first kappa shape index (κ1) is 22.4. The van der Waals surface area contributed by atoms with Crippen LogP contribution in [0.2, 0.25) is 0 Å². The van der Waals surface area contributed by atoms with E-state index in [1.807, 2.05) is 0 Å². The van der Waals surface area contributed by atoms with Gasteiger partial charge in [-0.25, -0.2) is 0 Å². The van der Waals surface area contributed by atoms with Crippen LogP contribution in [0, 0.1) is 0 Å². The van der Waals surface area contributed by atoms with Crippen molar-refractivity contribution in [1.29, 1.82) is 0 Å². The first-order chi connectivity index (χ1) is 14.7. The average Bonchev–Trinajstić information content (AvgIpc) is 2.78. The smallest absolute Gasteiger partial charge is 0.251 e. The zero-order valence-electron chi connectivity index (χ0n) is 18.2. The Morgan fingerprint density at radius 1 is 1.07 bits per heavy atom. The first-order valence-corrected chi connectivity index (χ1v) is 11.5. The molecule has 1 aliphatic carbocycles. The van der Waals surface area contributed by atoms with E-state index in [1.54, 1.807) is 12.1 Å². The summed E-state index contributed by atoms with van der Waals surface area (Å²) >= 11 is 0. The van der Waals surface area contributed by atoms with Gasteiger partial charge in [0.1, 0.15) is 5.75 Å². The number of rotatable bonds is 7. The van der Waals surface area contributed by atoms with Gasteiger partial charge in [-0.3, -0.25) is 9.79 Å². The van der Waals surface area contributed by atoms with Crippen LogP contribution in [0.1, 0.15) is 62.2 Å². The Morgan fingerprint density at radius 3 is 2.43 bits per heavy atom. The van der Waals surface area contributed by atoms with Crippen LogP contribution in [-0.2, 0) is 0 Å². The maximum Gasteiger partial charge on any atom is 0.251 e. The molecule has 4 N–H and O–H groups in total. The van der Waals surface area contributed by atoms with Crippen molar-refractivity contribution in [3.63, 3.8) is 0 Å². The number of amides is 1. The van der Waals surface area contributed by atoms with Gasteiger partial charge in [-0.2, -0.15) is 0 Å². The van der Waals surface area contributed by atoms with Crippen LogP contribution in [0.3, 0.4) is 0 Å². The minimum atomic E-state index is -0.154. The normalized spacial score (nSPS) is 19.4. The molecule has 0 unspecified atom stereocenters. The van der Waals surface area contributed by atoms with E-state index >= 15 is 0 Å². The molecule has 2 fully saturated rings. The quantitative estimate of drug-likeness (QED) is 0.312. The number of aliphatic imine (C=N–C) groups is 1. The Bertz CT molecular complexity index is 677. The summed E-state index contributed by atoms with van der Waals surface area (Å²) in [5.74, 6) is 0.827. The molecule has 166 valence electrons. The largest absolute Gasteiger partial charge is 0.508 e. The standard InChI is InChI=1S/C23H37N5O2/c1-2-24-23(26-15-14-25-22(30)18-8-10-21(29)11-9-18)27-19-12-16-28(17-13-19)20-6-4-3-5-7-20/h8-11,19-20,29H,2-7,12-17H2,1H3,(H,25,30)(H2,24,26,27). The molecule has 0 atom stereocenters. The van der Waals surface area contributed by atoms with E-state index in [0.29, 0.717) is 24.7 Å². The number of carbonyl (C=O) groups is 1. The highest BCUT2D eigenvalue weighted by Gasteiger charge is 2.26. The molecule has 1 amide bonds. The molecule has 0 radical (unpaired) electrons. The number of phenols is 1. The predicted octanol–water partition coefficient (Wildman–Crippen LogP) is 2.47. The summed E-state index contributed by atoms with van der Waals surface area (Å²) in [5.41, 5.74) is 0.534. The third-order valence-corrected chi connectivity index (χ3v) is 6.10. The van der Waals surface area contributed by atoms with Gasteiger partial charge < -0.3 is 26.0 Å². The fraction of sp³-hybridized carbons (Fsp3) is 0.652. The Kier molecular flexibility index (Phi) is 8.81. The predicted molar refractivity (Wildman–Crippen MR) is 121 cm³/mol. The number of piperidine rings is 1. The van der Waals surface area contributed by atoms with E-state index < -0.39 is 0 Å². The zero-order valence-corrected chi connectivity index (χ0v) is 18.2. The Labute approximate surface area is 180 Å². The van der Waals surface area contributed by atoms with Crippen molar-refractivity contribution in [2.75, 3.05) is 32.7 Å². The van der Waals surface area contributed by atoms with E-state index in [4.69, 9.17) is 0 Å². The lowest BCUT2D eigenvalue weighted by molar-refractivity contribution is 0.0954. The van der Waals surface area contributed by atoms with E-state index in [1.165, 1.54) is 57.3 Å². The summed E-state index contributed by atoms with van der Waals surface area (Å²) in [6.07, 6.45) is 9.24. The lowest BCUT2D eigenvalue weighted by Gasteiger charge is -2.39. The average molecular weight is 416 g/mol. The van der Waals surface area contributed by atoms with Crippen molar-refractivity contribution in [3.8, 4) is 5.75 Å². The van der Waals surface area contributed by atoms with Gasteiger partial charge in [0.2, 0.25) is 0 Å². The number of benzene rings is 1. The SMILES string of the molecule is CCNC(=NCCNC(=O)c1ccc(O)cc1)NC1CCN(C2CCCCC2)CC1. The van der Waals surface area contributed by atoms with Gasteiger partial charge >= 0.3 is 0 Å². The molecule has 1 saturated heterocycles. The number of hydrogen-bond donors (Lipinski definition) is 4. The van der Waals surface area contributed by atoms with Gasteiger partial charge in [0, 0.05) is 43.8 Å². The molecular formula is C23H37N5O2. The van der Waals surface area contributed by atoms with E-state index in [2.05, 4.69) is 32.8 Å². The lowest BCUT2D eigenvalue weighted by atomic mass is 9.92. The summed E-state index contributed by atoms with van der Waals surface area (Å²) in [5, 5.41) is 19.1. The highest BCUT2D eigenvalue weighted by Crippen LogP contribution is 2.25. The molecule has 2 aliphatic rings. The van der Waals surface area contributed by atoms with Gasteiger partial charge in [-0.05, 0) is 56.9 Å². The van der Waals surface area contributed by atoms with Gasteiger partial charge in [-0.1, -0.05) is 19.3 Å². The number of nitrogens with one attached hydrogen (secondary N) is 3. The van der Waals surface area contributed by atoms with Crippen LogP contribution in [0.25, 0.3) is 0 Å². The van der Waals surface area contributed by atoms with Crippen molar-refractivity contribution in [1.82, 2.24) is 20.9 Å². The number of phenolic OH excluding ortho intramolecular Hbond substituents is 1. The fourth-order valence-electron chi connectivity index (χ4n) is 4.42. The molecule has 1 saturated carbocycles. The van der Waals surface area contributed by atoms with Crippen LogP contribution in [0.15, 0.2) is 29.3 Å². The van der Waals surface area contributed by atoms with Crippen molar-refractivity contribution in [2.24, 2.45) is 4.99 Å². The first-order valence-electron chi connectivity index (χ1n) is 11.5. The second-order valence-electron chi connectivity index (χ2n) is 8.31. The number of likely N-dealkylation sites (tertiary alicyclic amines) is 1. The summed E-state index contributed by atoms with van der Waals surface area (Å²) in [6, 6.07) is 7.51. The monoisotopic (exact) mass is 415 g/mol. The van der Waals surface area contributed by atoms with Gasteiger partial charge in [0.05, 0.1) is 6.54 Å². The topological polar surface area (TPSA) is 89.0 Å². The molecule has 30 heavy (non-hydrogen) atoms. The van der Waals surface area contributed by atoms with Gasteiger partial charge in [0.15, 0.2) is 5.96 Å². The molecule has 1 aromatic carbocycles. The third-order valence-electron chi connectivity index (χ3n) is 6.10. The maximum absolute atomic E-state index is 12.1. The second-order valence-corrected chi connectivity index (χ2v) is 8.31. The van der Waals surface area contributed by atoms with E-state index in [9.17, 15) is 9.90 Å². The molecular weight excluding hydrogens is 378 g/mol. The van der Waals surface area contributed by atoms with Crippen LogP contribution < -0.4 is 16.0 Å². The summed E-state index contributed by atoms with van der Waals surface area (Å²) < 4.78 is 0. The highest BCUT2D eigenvalue weighted by atomic mass is 16.3. The molecule has 7 nitrogen and oxygen atoms in total. The Balaban J connectivity index is 1.40. The summed E-state index contributed by atoms with van der Waals surface area (Å²) in [4.78, 5) is 19.4. The minimum Gasteiger partial charge on any atom is -0.508 e. The van der Waals surface area contributed by atoms with Crippen LogP contribution in [0.5, 0.6) is 5.75 Å². The number of nitrogens with zero attached hydrogens (tertiary/aromatic N) is 2. The zero-order chi connectivity index (χ0) is 21.2. The third kappa shape index (κ3) is 6.90. The molecule has 0 aromatic heterocycles. The van der Waals surface area contributed by atoms with Crippen molar-refractivity contribution in [2.45, 2.75) is 64.0 Å². The van der Waals surface area contributed by atoms with Crippen LogP contribution >= 0.6 is 0 Å². The second kappa shape index (κ2) is 11.8. The van der Waals surface area contributed by atoms with Crippen LogP contribution in [-0.4, -0.2) is 66.7 Å². The van der Waals surface area contributed by atoms with Crippen molar-refractivity contribution in [3.05, 3.63) is 29.8 Å². The molecule has 0 bridgehead atoms. The van der Waals surface area contributed by atoms with E-state index in [0.717, 1.165) is 31.4 Å². The summed E-state index contributed by atoms with van der Waals surface area (Å²) in [6.45, 7) is 6.20. The maximum atomic E-state index is 12.1. The van der Waals surface area contributed by atoms with Crippen molar-refractivity contribution >= 4 is 11.9 Å². The number of carbonyl (C=O) groups excluding carboxylic acids is 1. The molecule has 1 aliphatic heterocycles. The number of guanidine groups is 1. The fourth-order valence-corrected chi connectivity index (χ4v) is 4.42. The van der Waals surface area contributed by atoms with Gasteiger partial charge in [0.25, 0.3) is 5.91 Å². The Hall–Kier alpha value is -2.28. The van der Waals surface area contributed by atoms with Crippen LogP contribution in [0.4, 0.5) is 0 Å². The minimum absolute atomic E-state index is 0.154.